The van der Waals surface area contributed by atoms with E-state index in [0.29, 0.717) is 21.5 Å². The van der Waals surface area contributed by atoms with E-state index in [2.05, 4.69) is 30.9 Å². The van der Waals surface area contributed by atoms with E-state index < -0.39 is 0 Å². The molecule has 0 saturated heterocycles. The second kappa shape index (κ2) is 8.45. The number of hydrogen-bond acceptors (Lipinski definition) is 4. The molecule has 0 spiro atoms. The molecule has 4 aromatic rings. The summed E-state index contributed by atoms with van der Waals surface area (Å²) in [6.45, 7) is 0.123. The molecule has 0 aliphatic carbocycles. The standard InChI is InChI=1S/C22H17BrFN3O2/c1-28-21-11-17(29-13-15-2-3-16(23)10-19(15)24)4-5-18(21)20-12-26-22(27-20)14-6-8-25-9-7-14/h2-12H,13H2,1H3,(H,26,27). The first kappa shape index (κ1) is 19.1. The molecule has 0 radical (unpaired) electrons. The molecular formula is C22H17BrFN3O2. The molecule has 146 valence electrons. The summed E-state index contributed by atoms with van der Waals surface area (Å²) in [6.07, 6.45) is 5.20. The van der Waals surface area contributed by atoms with Gasteiger partial charge in [-0.05, 0) is 36.4 Å². The summed E-state index contributed by atoms with van der Waals surface area (Å²) in [5.74, 6) is 1.64. The van der Waals surface area contributed by atoms with E-state index in [1.165, 1.54) is 6.07 Å². The average molecular weight is 454 g/mol. The van der Waals surface area contributed by atoms with Crippen LogP contribution >= 0.6 is 15.9 Å². The van der Waals surface area contributed by atoms with Crippen LogP contribution in [-0.2, 0) is 6.61 Å². The third-order valence-electron chi connectivity index (χ3n) is 4.40. The molecule has 4 rings (SSSR count). The summed E-state index contributed by atoms with van der Waals surface area (Å²) in [6, 6.07) is 14.1. The largest absolute Gasteiger partial charge is 0.496 e. The molecule has 0 aliphatic rings. The molecule has 0 fully saturated rings. The number of pyridine rings is 1. The van der Waals surface area contributed by atoms with E-state index in [4.69, 9.17) is 9.47 Å². The fourth-order valence-electron chi connectivity index (χ4n) is 2.90. The fourth-order valence-corrected chi connectivity index (χ4v) is 3.23. The van der Waals surface area contributed by atoms with Gasteiger partial charge in [0.1, 0.15) is 29.7 Å². The van der Waals surface area contributed by atoms with Gasteiger partial charge in [-0.2, -0.15) is 0 Å². The van der Waals surface area contributed by atoms with Crippen LogP contribution < -0.4 is 9.47 Å². The van der Waals surface area contributed by atoms with Crippen molar-refractivity contribution in [3.8, 4) is 34.1 Å². The molecule has 0 aliphatic heterocycles. The lowest BCUT2D eigenvalue weighted by Crippen LogP contribution is -1.99. The van der Waals surface area contributed by atoms with Gasteiger partial charge in [0.25, 0.3) is 0 Å². The molecule has 0 atom stereocenters. The van der Waals surface area contributed by atoms with Gasteiger partial charge in [0, 0.05) is 39.6 Å². The third kappa shape index (κ3) is 4.30. The first-order valence-corrected chi connectivity index (χ1v) is 9.64. The number of rotatable bonds is 6. The summed E-state index contributed by atoms with van der Waals surface area (Å²) in [5.41, 5.74) is 3.09. The van der Waals surface area contributed by atoms with Crippen LogP contribution in [0, 0.1) is 5.82 Å². The van der Waals surface area contributed by atoms with Crippen molar-refractivity contribution in [3.05, 3.63) is 83.0 Å². The predicted octanol–water partition coefficient (Wildman–Crippen LogP) is 5.63. The maximum absolute atomic E-state index is 14.0. The third-order valence-corrected chi connectivity index (χ3v) is 4.90. The number of ether oxygens (including phenoxy) is 2. The molecular weight excluding hydrogens is 437 g/mol. The molecule has 7 heteroatoms. The second-order valence-corrected chi connectivity index (χ2v) is 7.18. The van der Waals surface area contributed by atoms with Crippen LogP contribution in [0.15, 0.2) is 71.6 Å². The molecule has 0 amide bonds. The van der Waals surface area contributed by atoms with Crippen LogP contribution in [0.2, 0.25) is 0 Å². The normalized spacial score (nSPS) is 10.7. The Balaban J connectivity index is 1.55. The lowest BCUT2D eigenvalue weighted by Gasteiger charge is -2.11. The number of aromatic amines is 1. The van der Waals surface area contributed by atoms with Gasteiger partial charge in [0.15, 0.2) is 0 Å². The molecule has 2 aromatic heterocycles. The van der Waals surface area contributed by atoms with Crippen molar-refractivity contribution < 1.29 is 13.9 Å². The molecule has 5 nitrogen and oxygen atoms in total. The maximum Gasteiger partial charge on any atom is 0.137 e. The molecule has 2 aromatic carbocycles. The van der Waals surface area contributed by atoms with Crippen molar-refractivity contribution in [3.63, 3.8) is 0 Å². The smallest absolute Gasteiger partial charge is 0.137 e. The number of hydrogen-bond donors (Lipinski definition) is 1. The number of H-pyrrole nitrogens is 1. The number of benzene rings is 2. The van der Waals surface area contributed by atoms with Gasteiger partial charge >= 0.3 is 0 Å². The number of methoxy groups -OCH3 is 1. The molecule has 29 heavy (non-hydrogen) atoms. The Morgan fingerprint density at radius 2 is 1.90 bits per heavy atom. The monoisotopic (exact) mass is 453 g/mol. The molecule has 0 unspecified atom stereocenters. The Bertz CT molecular complexity index is 1130. The van der Waals surface area contributed by atoms with Crippen molar-refractivity contribution >= 4 is 15.9 Å². The van der Waals surface area contributed by atoms with E-state index in [0.717, 1.165) is 22.6 Å². The highest BCUT2D eigenvalue weighted by Crippen LogP contribution is 2.33. The maximum atomic E-state index is 14.0. The van der Waals surface area contributed by atoms with Crippen LogP contribution in [0.25, 0.3) is 22.6 Å². The average Bonchev–Trinajstić information content (AvgIpc) is 3.23. The number of imidazole rings is 1. The zero-order valence-corrected chi connectivity index (χ0v) is 17.1. The minimum atomic E-state index is -0.316. The van der Waals surface area contributed by atoms with Gasteiger partial charge in [0.2, 0.25) is 0 Å². The Hall–Kier alpha value is -3.19. The first-order chi connectivity index (χ1) is 14.1. The van der Waals surface area contributed by atoms with E-state index in [1.54, 1.807) is 43.9 Å². The van der Waals surface area contributed by atoms with Crippen LogP contribution in [-0.4, -0.2) is 22.1 Å². The Morgan fingerprint density at radius 3 is 2.66 bits per heavy atom. The Morgan fingerprint density at radius 1 is 1.07 bits per heavy atom. The van der Waals surface area contributed by atoms with Gasteiger partial charge in [-0.25, -0.2) is 9.37 Å². The van der Waals surface area contributed by atoms with Crippen molar-refractivity contribution in [2.75, 3.05) is 7.11 Å². The van der Waals surface area contributed by atoms with E-state index >= 15 is 0 Å². The highest BCUT2D eigenvalue weighted by Gasteiger charge is 2.12. The second-order valence-electron chi connectivity index (χ2n) is 6.27. The number of nitrogens with zero attached hydrogens (tertiary/aromatic N) is 2. The minimum absolute atomic E-state index is 0.123. The summed E-state index contributed by atoms with van der Waals surface area (Å²) >= 11 is 3.25. The van der Waals surface area contributed by atoms with E-state index in [1.807, 2.05) is 24.3 Å². The van der Waals surface area contributed by atoms with Crippen molar-refractivity contribution in [1.29, 1.82) is 0 Å². The lowest BCUT2D eigenvalue weighted by molar-refractivity contribution is 0.297. The van der Waals surface area contributed by atoms with Crippen LogP contribution in [0.1, 0.15) is 5.56 Å². The number of halogens is 2. The summed E-state index contributed by atoms with van der Waals surface area (Å²) in [7, 11) is 1.59. The quantitative estimate of drug-likeness (QED) is 0.411. The van der Waals surface area contributed by atoms with Crippen LogP contribution in [0.3, 0.4) is 0 Å². The van der Waals surface area contributed by atoms with Crippen molar-refractivity contribution in [2.24, 2.45) is 0 Å². The minimum Gasteiger partial charge on any atom is -0.496 e. The first-order valence-electron chi connectivity index (χ1n) is 8.84. The lowest BCUT2D eigenvalue weighted by atomic mass is 10.1. The Labute approximate surface area is 175 Å². The highest BCUT2D eigenvalue weighted by atomic mass is 79.9. The Kier molecular flexibility index (Phi) is 5.57. The predicted molar refractivity (Wildman–Crippen MR) is 112 cm³/mol. The zero-order chi connectivity index (χ0) is 20.2. The van der Waals surface area contributed by atoms with Gasteiger partial charge < -0.3 is 14.5 Å². The van der Waals surface area contributed by atoms with Gasteiger partial charge in [-0.1, -0.05) is 22.0 Å². The van der Waals surface area contributed by atoms with E-state index in [-0.39, 0.29) is 12.4 Å². The summed E-state index contributed by atoms with van der Waals surface area (Å²) < 4.78 is 25.9. The van der Waals surface area contributed by atoms with Gasteiger partial charge in [-0.15, -0.1) is 0 Å². The van der Waals surface area contributed by atoms with Crippen molar-refractivity contribution in [1.82, 2.24) is 15.0 Å². The van der Waals surface area contributed by atoms with Crippen LogP contribution in [0.4, 0.5) is 4.39 Å². The fraction of sp³-hybridized carbons (Fsp3) is 0.0909. The van der Waals surface area contributed by atoms with Crippen LogP contribution in [0.5, 0.6) is 11.5 Å². The zero-order valence-electron chi connectivity index (χ0n) is 15.5. The molecule has 0 bridgehead atoms. The summed E-state index contributed by atoms with van der Waals surface area (Å²) in [4.78, 5) is 11.8. The van der Waals surface area contributed by atoms with E-state index in [9.17, 15) is 4.39 Å². The SMILES string of the molecule is COc1cc(OCc2ccc(Br)cc2F)ccc1-c1cnc(-c2ccncc2)[nH]1. The number of nitrogens with one attached hydrogen (secondary N) is 1. The highest BCUT2D eigenvalue weighted by molar-refractivity contribution is 9.10. The molecule has 1 N–H and O–H groups in total. The molecule has 2 heterocycles. The topological polar surface area (TPSA) is 60.0 Å². The van der Waals surface area contributed by atoms with Gasteiger partial charge in [-0.3, -0.25) is 4.98 Å². The van der Waals surface area contributed by atoms with Crippen molar-refractivity contribution in [2.45, 2.75) is 6.61 Å². The number of aromatic nitrogens is 3. The molecule has 0 saturated carbocycles. The summed E-state index contributed by atoms with van der Waals surface area (Å²) in [5, 5.41) is 0. The van der Waals surface area contributed by atoms with Gasteiger partial charge in [0.05, 0.1) is 19.0 Å².